The minimum atomic E-state index is -0.576. The van der Waals surface area contributed by atoms with Gasteiger partial charge in [-0.05, 0) is 60.6 Å². The lowest BCUT2D eigenvalue weighted by atomic mass is 9.73. The van der Waals surface area contributed by atoms with Crippen molar-refractivity contribution >= 4 is 11.9 Å². The predicted octanol–water partition coefficient (Wildman–Crippen LogP) is 5.27. The zero-order chi connectivity index (χ0) is 22.1. The molecule has 1 aromatic rings. The monoisotopic (exact) mass is 430 g/mol. The standard InChI is InChI=1S/C26H38O5/c1-3-4-5-6-7-8-10-19-13-14-21-16-23-20(15-22(19)21)11-9-12-24(23)30-18-26(28)31-17-25(27)29-2/h9,11-12,19,21-22H,3-8,10,13-18H2,1-2H3. The van der Waals surface area contributed by atoms with Crippen LogP contribution in [0.1, 0.15) is 75.8 Å². The number of hydrogen-bond acceptors (Lipinski definition) is 5. The Bertz CT molecular complexity index is 729. The van der Waals surface area contributed by atoms with Crippen molar-refractivity contribution < 1.29 is 23.8 Å². The summed E-state index contributed by atoms with van der Waals surface area (Å²) in [5.74, 6) is 2.04. The van der Waals surface area contributed by atoms with Gasteiger partial charge < -0.3 is 14.2 Å². The maximum atomic E-state index is 11.9. The number of unbranched alkanes of at least 4 members (excludes halogenated alkanes) is 5. The van der Waals surface area contributed by atoms with Gasteiger partial charge in [-0.25, -0.2) is 9.59 Å². The van der Waals surface area contributed by atoms with Gasteiger partial charge in [-0.2, -0.15) is 0 Å². The number of rotatable bonds is 12. The van der Waals surface area contributed by atoms with E-state index in [0.29, 0.717) is 0 Å². The first-order chi connectivity index (χ1) is 15.1. The SMILES string of the molecule is CCCCCCCCC1CCC2Cc3c(cccc3OCC(=O)OCC(=O)OC)CC12. The molecule has 0 aliphatic heterocycles. The van der Waals surface area contributed by atoms with E-state index in [1.807, 2.05) is 12.1 Å². The van der Waals surface area contributed by atoms with E-state index in [-0.39, 0.29) is 13.2 Å². The van der Waals surface area contributed by atoms with Crippen molar-refractivity contribution in [3.05, 3.63) is 29.3 Å². The summed E-state index contributed by atoms with van der Waals surface area (Å²) in [6.45, 7) is 1.70. The summed E-state index contributed by atoms with van der Waals surface area (Å²) < 4.78 is 15.1. The molecule has 0 bridgehead atoms. The minimum absolute atomic E-state index is 0.192. The minimum Gasteiger partial charge on any atom is -0.482 e. The van der Waals surface area contributed by atoms with Crippen LogP contribution in [0.3, 0.4) is 0 Å². The van der Waals surface area contributed by atoms with Crippen LogP contribution >= 0.6 is 0 Å². The van der Waals surface area contributed by atoms with E-state index in [2.05, 4.69) is 17.7 Å². The average molecular weight is 431 g/mol. The van der Waals surface area contributed by atoms with Gasteiger partial charge in [-0.1, -0.05) is 64.0 Å². The van der Waals surface area contributed by atoms with Crippen LogP contribution in [0.5, 0.6) is 5.75 Å². The summed E-state index contributed by atoms with van der Waals surface area (Å²) in [6, 6.07) is 6.18. The smallest absolute Gasteiger partial charge is 0.344 e. The lowest BCUT2D eigenvalue weighted by Crippen LogP contribution is -2.26. The molecule has 3 rings (SSSR count). The Kier molecular flexibility index (Phi) is 9.23. The van der Waals surface area contributed by atoms with Gasteiger partial charge in [0.05, 0.1) is 7.11 Å². The van der Waals surface area contributed by atoms with E-state index in [1.165, 1.54) is 76.0 Å². The topological polar surface area (TPSA) is 61.8 Å². The highest BCUT2D eigenvalue weighted by Crippen LogP contribution is 2.48. The number of ether oxygens (including phenoxy) is 3. The fourth-order valence-corrected chi connectivity index (χ4v) is 5.44. The molecule has 0 heterocycles. The van der Waals surface area contributed by atoms with Crippen LogP contribution < -0.4 is 4.74 Å². The maximum absolute atomic E-state index is 11.9. The highest BCUT2D eigenvalue weighted by atomic mass is 16.6. The Morgan fingerprint density at radius 3 is 2.58 bits per heavy atom. The molecule has 31 heavy (non-hydrogen) atoms. The van der Waals surface area contributed by atoms with E-state index in [1.54, 1.807) is 0 Å². The van der Waals surface area contributed by atoms with E-state index in [4.69, 9.17) is 9.47 Å². The van der Waals surface area contributed by atoms with Gasteiger partial charge in [0, 0.05) is 0 Å². The van der Waals surface area contributed by atoms with Crippen LogP contribution in [0.2, 0.25) is 0 Å². The van der Waals surface area contributed by atoms with Crippen LogP contribution in [-0.2, 0) is 31.9 Å². The first-order valence-corrected chi connectivity index (χ1v) is 12.1. The van der Waals surface area contributed by atoms with Gasteiger partial charge in [-0.15, -0.1) is 0 Å². The number of methoxy groups -OCH3 is 1. The summed E-state index contributed by atoms with van der Waals surface area (Å²) in [5.41, 5.74) is 2.63. The normalized spacial score (nSPS) is 21.8. The zero-order valence-electron chi connectivity index (χ0n) is 19.2. The molecular formula is C26H38O5. The highest BCUT2D eigenvalue weighted by Gasteiger charge is 2.39. The zero-order valence-corrected chi connectivity index (χ0v) is 19.2. The van der Waals surface area contributed by atoms with E-state index in [9.17, 15) is 9.59 Å². The summed E-state index contributed by atoms with van der Waals surface area (Å²) in [5, 5.41) is 0. The molecule has 0 amide bonds. The third-order valence-corrected chi connectivity index (χ3v) is 7.12. The van der Waals surface area contributed by atoms with Crippen LogP contribution in [0, 0.1) is 17.8 Å². The van der Waals surface area contributed by atoms with Gasteiger partial charge in [0.1, 0.15) is 5.75 Å². The maximum Gasteiger partial charge on any atom is 0.344 e. The quantitative estimate of drug-likeness (QED) is 0.334. The van der Waals surface area contributed by atoms with Crippen molar-refractivity contribution in [2.75, 3.05) is 20.3 Å². The largest absolute Gasteiger partial charge is 0.482 e. The van der Waals surface area contributed by atoms with Crippen LogP contribution in [0.15, 0.2) is 18.2 Å². The first-order valence-electron chi connectivity index (χ1n) is 12.1. The second-order valence-electron chi connectivity index (χ2n) is 9.15. The van der Waals surface area contributed by atoms with Crippen molar-refractivity contribution in [3.63, 3.8) is 0 Å². The Morgan fingerprint density at radius 2 is 1.77 bits per heavy atom. The average Bonchev–Trinajstić information content (AvgIpc) is 3.18. The van der Waals surface area contributed by atoms with Gasteiger partial charge in [0.15, 0.2) is 13.2 Å². The van der Waals surface area contributed by atoms with Crippen LogP contribution in [-0.4, -0.2) is 32.3 Å². The molecule has 1 fully saturated rings. The van der Waals surface area contributed by atoms with Gasteiger partial charge in [0.25, 0.3) is 0 Å². The molecule has 5 nitrogen and oxygen atoms in total. The van der Waals surface area contributed by atoms with Gasteiger partial charge >= 0.3 is 11.9 Å². The fraction of sp³-hybridized carbons (Fsp3) is 0.692. The van der Waals surface area contributed by atoms with E-state index < -0.39 is 11.9 Å². The molecule has 0 saturated heterocycles. The molecule has 0 spiro atoms. The molecule has 172 valence electrons. The number of fused-ring (bicyclic) bond motifs is 2. The fourth-order valence-electron chi connectivity index (χ4n) is 5.44. The molecule has 1 aromatic carbocycles. The molecular weight excluding hydrogens is 392 g/mol. The van der Waals surface area contributed by atoms with Crippen molar-refractivity contribution in [1.29, 1.82) is 0 Å². The molecule has 2 aliphatic carbocycles. The molecule has 1 saturated carbocycles. The van der Waals surface area contributed by atoms with Crippen LogP contribution in [0.25, 0.3) is 0 Å². The molecule has 3 atom stereocenters. The number of hydrogen-bond donors (Lipinski definition) is 0. The summed E-state index contributed by atoms with van der Waals surface area (Å²) in [4.78, 5) is 23.0. The van der Waals surface area contributed by atoms with Crippen LogP contribution in [0.4, 0.5) is 0 Å². The number of esters is 2. The lowest BCUT2D eigenvalue weighted by molar-refractivity contribution is -0.158. The summed E-state index contributed by atoms with van der Waals surface area (Å²) >= 11 is 0. The lowest BCUT2D eigenvalue weighted by Gasteiger charge is -2.32. The summed E-state index contributed by atoms with van der Waals surface area (Å²) in [7, 11) is 1.26. The molecule has 0 radical (unpaired) electrons. The van der Waals surface area contributed by atoms with Crippen molar-refractivity contribution in [1.82, 2.24) is 0 Å². The Morgan fingerprint density at radius 1 is 0.968 bits per heavy atom. The predicted molar refractivity (Wildman–Crippen MR) is 120 cm³/mol. The van der Waals surface area contributed by atoms with Gasteiger partial charge in [-0.3, -0.25) is 0 Å². The first kappa shape index (κ1) is 23.6. The second-order valence-corrected chi connectivity index (χ2v) is 9.15. The van der Waals surface area contributed by atoms with Gasteiger partial charge in [0.2, 0.25) is 0 Å². The third kappa shape index (κ3) is 6.72. The van der Waals surface area contributed by atoms with Crippen molar-refractivity contribution in [2.24, 2.45) is 17.8 Å². The molecule has 5 heteroatoms. The number of carbonyl (C=O) groups excluding carboxylic acids is 2. The molecule has 3 unspecified atom stereocenters. The molecule has 0 aromatic heterocycles. The molecule has 0 N–H and O–H groups in total. The van der Waals surface area contributed by atoms with E-state index in [0.717, 1.165) is 36.3 Å². The third-order valence-electron chi connectivity index (χ3n) is 7.12. The van der Waals surface area contributed by atoms with E-state index >= 15 is 0 Å². The summed E-state index contributed by atoms with van der Waals surface area (Å²) in [6.07, 6.45) is 14.4. The Hall–Kier alpha value is -2.04. The second kappa shape index (κ2) is 12.1. The number of carbonyl (C=O) groups is 2. The number of benzene rings is 1. The highest BCUT2D eigenvalue weighted by molar-refractivity contribution is 5.77. The Balaban J connectivity index is 1.50. The van der Waals surface area contributed by atoms with Crippen molar-refractivity contribution in [2.45, 2.75) is 77.6 Å². The molecule has 2 aliphatic rings. The Labute approximate surface area is 186 Å². The van der Waals surface area contributed by atoms with Crippen molar-refractivity contribution in [3.8, 4) is 5.75 Å².